The molecule has 3 aromatic rings. The van der Waals surface area contributed by atoms with Gasteiger partial charge in [0.05, 0.1) is 30.4 Å². The van der Waals surface area contributed by atoms with Crippen molar-refractivity contribution in [2.75, 3.05) is 31.2 Å². The molecule has 0 unspecified atom stereocenters. The van der Waals surface area contributed by atoms with Crippen molar-refractivity contribution in [2.24, 2.45) is 0 Å². The summed E-state index contributed by atoms with van der Waals surface area (Å²) in [6, 6.07) is 17.6. The van der Waals surface area contributed by atoms with Crippen LogP contribution in [0.15, 0.2) is 48.5 Å². The molecule has 0 amide bonds. The zero-order valence-corrected chi connectivity index (χ0v) is 13.1. The highest BCUT2D eigenvalue weighted by molar-refractivity contribution is 5.91. The van der Waals surface area contributed by atoms with Crippen LogP contribution in [-0.2, 0) is 4.74 Å². The molecular formula is C19H16N4O. The Morgan fingerprint density at radius 3 is 2.46 bits per heavy atom. The summed E-state index contributed by atoms with van der Waals surface area (Å²) in [6.45, 7) is 3.08. The normalized spacial score (nSPS) is 14.5. The molecule has 24 heavy (non-hydrogen) atoms. The van der Waals surface area contributed by atoms with Gasteiger partial charge in [-0.2, -0.15) is 5.26 Å². The van der Waals surface area contributed by atoms with E-state index < -0.39 is 0 Å². The van der Waals surface area contributed by atoms with E-state index in [4.69, 9.17) is 20.0 Å². The van der Waals surface area contributed by atoms with Gasteiger partial charge in [0, 0.05) is 24.0 Å². The molecule has 1 saturated heterocycles. The van der Waals surface area contributed by atoms with E-state index in [-0.39, 0.29) is 0 Å². The highest BCUT2D eigenvalue weighted by atomic mass is 16.5. The number of ether oxygens (including phenoxy) is 1. The standard InChI is InChI=1S/C19H16N4O/c20-13-14-5-7-15(8-6-14)18-21-17-4-2-1-3-16(17)19(22-18)23-9-11-24-12-10-23/h1-8H,9-12H2. The number of nitrogens with zero attached hydrogens (tertiary/aromatic N) is 4. The molecule has 2 aromatic carbocycles. The minimum Gasteiger partial charge on any atom is -0.378 e. The van der Waals surface area contributed by atoms with Crippen molar-refractivity contribution >= 4 is 16.7 Å². The van der Waals surface area contributed by atoms with Crippen LogP contribution < -0.4 is 4.90 Å². The summed E-state index contributed by atoms with van der Waals surface area (Å²) in [7, 11) is 0. The van der Waals surface area contributed by atoms with Crippen molar-refractivity contribution in [1.29, 1.82) is 5.26 Å². The molecule has 0 bridgehead atoms. The smallest absolute Gasteiger partial charge is 0.162 e. The van der Waals surface area contributed by atoms with Crippen LogP contribution in [0.2, 0.25) is 0 Å². The second-order valence-electron chi connectivity index (χ2n) is 5.68. The van der Waals surface area contributed by atoms with Crippen LogP contribution in [-0.4, -0.2) is 36.3 Å². The van der Waals surface area contributed by atoms with E-state index in [2.05, 4.69) is 17.0 Å². The first-order valence-corrected chi connectivity index (χ1v) is 7.95. The number of aromatic nitrogens is 2. The molecule has 118 valence electrons. The van der Waals surface area contributed by atoms with Crippen LogP contribution in [0.4, 0.5) is 5.82 Å². The SMILES string of the molecule is N#Cc1ccc(-c2nc(N3CCOCC3)c3ccccc3n2)cc1. The first-order valence-electron chi connectivity index (χ1n) is 7.95. The number of benzene rings is 2. The maximum absolute atomic E-state index is 8.95. The highest BCUT2D eigenvalue weighted by Crippen LogP contribution is 2.28. The predicted molar refractivity (Wildman–Crippen MR) is 92.7 cm³/mol. The zero-order valence-electron chi connectivity index (χ0n) is 13.1. The first kappa shape index (κ1) is 14.6. The Morgan fingerprint density at radius 2 is 1.71 bits per heavy atom. The lowest BCUT2D eigenvalue weighted by atomic mass is 10.1. The molecule has 0 aliphatic carbocycles. The molecular weight excluding hydrogens is 300 g/mol. The molecule has 0 N–H and O–H groups in total. The number of morpholine rings is 1. The van der Waals surface area contributed by atoms with Gasteiger partial charge in [-0.3, -0.25) is 0 Å². The summed E-state index contributed by atoms with van der Waals surface area (Å²) >= 11 is 0. The molecule has 0 spiro atoms. The highest BCUT2D eigenvalue weighted by Gasteiger charge is 2.17. The fourth-order valence-electron chi connectivity index (χ4n) is 2.90. The van der Waals surface area contributed by atoms with Crippen LogP contribution in [0.3, 0.4) is 0 Å². The van der Waals surface area contributed by atoms with Crippen molar-refractivity contribution in [3.05, 3.63) is 54.1 Å². The number of rotatable bonds is 2. The third kappa shape index (κ3) is 2.68. The number of nitriles is 1. The number of hydrogen-bond acceptors (Lipinski definition) is 5. The molecule has 1 aromatic heterocycles. The molecule has 5 heteroatoms. The molecule has 2 heterocycles. The second kappa shape index (κ2) is 6.26. The lowest BCUT2D eigenvalue weighted by Crippen LogP contribution is -2.37. The summed E-state index contributed by atoms with van der Waals surface area (Å²) in [5, 5.41) is 10.0. The molecule has 4 rings (SSSR count). The monoisotopic (exact) mass is 316 g/mol. The van der Waals surface area contributed by atoms with E-state index in [0.29, 0.717) is 24.6 Å². The minimum absolute atomic E-state index is 0.632. The van der Waals surface area contributed by atoms with E-state index >= 15 is 0 Å². The maximum Gasteiger partial charge on any atom is 0.162 e. The van der Waals surface area contributed by atoms with Crippen molar-refractivity contribution in [2.45, 2.75) is 0 Å². The van der Waals surface area contributed by atoms with Gasteiger partial charge in [0.2, 0.25) is 0 Å². The van der Waals surface area contributed by atoms with Gasteiger partial charge >= 0.3 is 0 Å². The quantitative estimate of drug-likeness (QED) is 0.727. The minimum atomic E-state index is 0.632. The van der Waals surface area contributed by atoms with Crippen molar-refractivity contribution in [3.8, 4) is 17.5 Å². The van der Waals surface area contributed by atoms with E-state index in [1.54, 1.807) is 12.1 Å². The van der Waals surface area contributed by atoms with Crippen molar-refractivity contribution in [3.63, 3.8) is 0 Å². The molecule has 0 saturated carbocycles. The van der Waals surface area contributed by atoms with Gasteiger partial charge in [-0.05, 0) is 36.4 Å². The van der Waals surface area contributed by atoms with Crippen molar-refractivity contribution < 1.29 is 4.74 Å². The second-order valence-corrected chi connectivity index (χ2v) is 5.68. The Hall–Kier alpha value is -2.97. The van der Waals surface area contributed by atoms with E-state index in [9.17, 15) is 0 Å². The third-order valence-corrected chi connectivity index (χ3v) is 4.17. The lowest BCUT2D eigenvalue weighted by Gasteiger charge is -2.29. The van der Waals surface area contributed by atoms with Crippen LogP contribution in [0.1, 0.15) is 5.56 Å². The van der Waals surface area contributed by atoms with Crippen LogP contribution in [0.25, 0.3) is 22.3 Å². The van der Waals surface area contributed by atoms with Crippen LogP contribution in [0.5, 0.6) is 0 Å². The van der Waals surface area contributed by atoms with Gasteiger partial charge in [-0.25, -0.2) is 9.97 Å². The van der Waals surface area contributed by atoms with Crippen LogP contribution >= 0.6 is 0 Å². The van der Waals surface area contributed by atoms with Gasteiger partial charge in [-0.1, -0.05) is 12.1 Å². The van der Waals surface area contributed by atoms with Crippen molar-refractivity contribution in [1.82, 2.24) is 9.97 Å². The average Bonchev–Trinajstić information content (AvgIpc) is 2.68. The summed E-state index contributed by atoms with van der Waals surface area (Å²) < 4.78 is 5.46. The topological polar surface area (TPSA) is 62.0 Å². The van der Waals surface area contributed by atoms with Gasteiger partial charge < -0.3 is 9.64 Å². The molecule has 1 aliphatic rings. The molecule has 0 radical (unpaired) electrons. The Bertz CT molecular complexity index is 909. The molecule has 1 aliphatic heterocycles. The summed E-state index contributed by atoms with van der Waals surface area (Å²) in [5.74, 6) is 1.63. The van der Waals surface area contributed by atoms with Gasteiger partial charge in [0.1, 0.15) is 5.82 Å². The van der Waals surface area contributed by atoms with Crippen LogP contribution in [0, 0.1) is 11.3 Å². The molecule has 5 nitrogen and oxygen atoms in total. The first-order chi connectivity index (χ1) is 11.8. The Kier molecular flexibility index (Phi) is 3.81. The van der Waals surface area contributed by atoms with Gasteiger partial charge in [0.25, 0.3) is 0 Å². The zero-order chi connectivity index (χ0) is 16.4. The Labute approximate surface area is 140 Å². The molecule has 1 fully saturated rings. The van der Waals surface area contributed by atoms with E-state index in [0.717, 1.165) is 35.4 Å². The summed E-state index contributed by atoms with van der Waals surface area (Å²) in [6.07, 6.45) is 0. The molecule has 0 atom stereocenters. The number of hydrogen-bond donors (Lipinski definition) is 0. The predicted octanol–water partition coefficient (Wildman–Crippen LogP) is 3.01. The largest absolute Gasteiger partial charge is 0.378 e. The van der Waals surface area contributed by atoms with E-state index in [1.807, 2.05) is 30.3 Å². The summed E-state index contributed by atoms with van der Waals surface area (Å²) in [5.41, 5.74) is 2.47. The number of para-hydroxylation sites is 1. The Balaban J connectivity index is 1.85. The number of anilines is 1. The average molecular weight is 316 g/mol. The number of fused-ring (bicyclic) bond motifs is 1. The van der Waals surface area contributed by atoms with Gasteiger partial charge in [0.15, 0.2) is 5.82 Å². The Morgan fingerprint density at radius 1 is 0.958 bits per heavy atom. The lowest BCUT2D eigenvalue weighted by molar-refractivity contribution is 0.122. The van der Waals surface area contributed by atoms with E-state index in [1.165, 1.54) is 0 Å². The summed E-state index contributed by atoms with van der Waals surface area (Å²) in [4.78, 5) is 11.8. The fraction of sp³-hybridized carbons (Fsp3) is 0.211. The van der Waals surface area contributed by atoms with Gasteiger partial charge in [-0.15, -0.1) is 0 Å². The third-order valence-electron chi connectivity index (χ3n) is 4.17. The maximum atomic E-state index is 8.95. The fourth-order valence-corrected chi connectivity index (χ4v) is 2.90.